The van der Waals surface area contributed by atoms with E-state index in [-0.39, 0.29) is 41.5 Å². The van der Waals surface area contributed by atoms with Gasteiger partial charge < -0.3 is 10.2 Å². The molecule has 2 amide bonds. The molecule has 2 saturated heterocycles. The number of rotatable bonds is 4. The van der Waals surface area contributed by atoms with Gasteiger partial charge in [0.25, 0.3) is 0 Å². The molecule has 2 N–H and O–H groups in total. The lowest BCUT2D eigenvalue weighted by molar-refractivity contribution is -0.133. The van der Waals surface area contributed by atoms with Gasteiger partial charge in [0.2, 0.25) is 11.8 Å². The van der Waals surface area contributed by atoms with E-state index < -0.39 is 0 Å². The molecular weight excluding hydrogens is 302 g/mol. The molecule has 5 nitrogen and oxygen atoms in total. The predicted octanol–water partition coefficient (Wildman–Crippen LogP) is 1.47. The summed E-state index contributed by atoms with van der Waals surface area (Å²) in [6.07, 6.45) is 1.49. The summed E-state index contributed by atoms with van der Waals surface area (Å²) in [5.41, 5.74) is 0.822. The first-order valence-electron chi connectivity index (χ1n) is 8.76. The molecule has 1 aromatic carbocycles. The summed E-state index contributed by atoms with van der Waals surface area (Å²) in [4.78, 5) is 27.3. The molecule has 0 saturated carbocycles. The van der Waals surface area contributed by atoms with Crippen molar-refractivity contribution in [3.63, 3.8) is 0 Å². The topological polar surface area (TPSA) is 61.2 Å². The zero-order chi connectivity index (χ0) is 17.5. The number of carbonyl (C=O) groups is 2. The third-order valence-electron chi connectivity index (χ3n) is 4.74. The third kappa shape index (κ3) is 3.31. The summed E-state index contributed by atoms with van der Waals surface area (Å²) in [6, 6.07) is 9.46. The van der Waals surface area contributed by atoms with Crippen LogP contribution in [0.15, 0.2) is 30.3 Å². The molecule has 0 radical (unpaired) electrons. The molecule has 0 unspecified atom stereocenters. The molecule has 0 aromatic heterocycles. The number of hydrogen-bond donors (Lipinski definition) is 2. The molecule has 0 bridgehead atoms. The summed E-state index contributed by atoms with van der Waals surface area (Å²) in [6.45, 7) is 7.99. The van der Waals surface area contributed by atoms with E-state index in [1.54, 1.807) is 0 Å². The molecule has 2 heterocycles. The Balaban J connectivity index is 1.77. The van der Waals surface area contributed by atoms with Crippen molar-refractivity contribution in [3.05, 3.63) is 35.9 Å². The number of piperazine rings is 1. The lowest BCUT2D eigenvalue weighted by Crippen LogP contribution is -2.61. The molecule has 0 aliphatic carbocycles. The Morgan fingerprint density at radius 2 is 1.92 bits per heavy atom. The first-order valence-corrected chi connectivity index (χ1v) is 8.76. The zero-order valence-electron chi connectivity index (χ0n) is 14.9. The van der Waals surface area contributed by atoms with E-state index >= 15 is 0 Å². The van der Waals surface area contributed by atoms with Crippen LogP contribution in [0.3, 0.4) is 0 Å². The highest BCUT2D eigenvalue weighted by atomic mass is 16.2. The molecule has 24 heavy (non-hydrogen) atoms. The number of nitrogens with one attached hydrogen (secondary N) is 2. The van der Waals surface area contributed by atoms with Gasteiger partial charge >= 0.3 is 0 Å². The van der Waals surface area contributed by atoms with Crippen molar-refractivity contribution in [2.45, 2.75) is 70.2 Å². The highest BCUT2D eigenvalue weighted by Gasteiger charge is 2.60. The van der Waals surface area contributed by atoms with Crippen molar-refractivity contribution in [3.8, 4) is 0 Å². The van der Waals surface area contributed by atoms with Crippen LogP contribution >= 0.6 is 0 Å². The van der Waals surface area contributed by atoms with Crippen LogP contribution in [0.2, 0.25) is 0 Å². The monoisotopic (exact) mass is 329 g/mol. The van der Waals surface area contributed by atoms with Gasteiger partial charge in [-0.3, -0.25) is 14.9 Å². The minimum Gasteiger partial charge on any atom is -0.350 e. The molecule has 3 rings (SSSR count). The Morgan fingerprint density at radius 1 is 1.25 bits per heavy atom. The van der Waals surface area contributed by atoms with Crippen molar-refractivity contribution in [2.75, 3.05) is 0 Å². The van der Waals surface area contributed by atoms with Gasteiger partial charge in [-0.05, 0) is 39.2 Å². The van der Waals surface area contributed by atoms with Crippen molar-refractivity contribution in [2.24, 2.45) is 0 Å². The molecule has 130 valence electrons. The average molecular weight is 329 g/mol. The zero-order valence-corrected chi connectivity index (χ0v) is 14.9. The average Bonchev–Trinajstić information content (AvgIpc) is 3.24. The molecule has 2 fully saturated rings. The Bertz CT molecular complexity index is 623. The van der Waals surface area contributed by atoms with E-state index in [1.165, 1.54) is 0 Å². The van der Waals surface area contributed by atoms with E-state index in [9.17, 15) is 9.59 Å². The number of nitrogens with zero attached hydrogens (tertiary/aromatic N) is 1. The summed E-state index contributed by atoms with van der Waals surface area (Å²) >= 11 is 0. The number of fused-ring (bicyclic) bond motifs is 1. The van der Waals surface area contributed by atoms with Gasteiger partial charge in [0.15, 0.2) is 0 Å². The molecule has 4 atom stereocenters. The van der Waals surface area contributed by atoms with Gasteiger partial charge in [-0.25, -0.2) is 0 Å². The minimum absolute atomic E-state index is 0.00290. The quantitative estimate of drug-likeness (QED) is 0.823. The van der Waals surface area contributed by atoms with Gasteiger partial charge in [0.1, 0.15) is 6.04 Å². The van der Waals surface area contributed by atoms with Crippen LogP contribution in [-0.2, 0) is 16.0 Å². The standard InChI is InChI=1S/C19H27N3O2/c1-5-14-16-15(17(23)21-19(2,3)4)20-13(18(24)22(14)16)11-12-9-7-6-8-10-12/h6-10,13-16,20H,5,11H2,1-4H3,(H,21,23)/t13-,14+,15+,16+,22?/m0/s1. The second-order valence-corrected chi connectivity index (χ2v) is 7.84. The van der Waals surface area contributed by atoms with Crippen molar-refractivity contribution in [1.82, 2.24) is 15.5 Å². The molecule has 5 heteroatoms. The van der Waals surface area contributed by atoms with Crippen LogP contribution in [0.5, 0.6) is 0 Å². The second-order valence-electron chi connectivity index (χ2n) is 7.84. The highest BCUT2D eigenvalue weighted by Crippen LogP contribution is 2.38. The first-order chi connectivity index (χ1) is 11.3. The fourth-order valence-corrected chi connectivity index (χ4v) is 3.67. The maximum Gasteiger partial charge on any atom is 0.240 e. The normalized spacial score (nSPS) is 29.2. The molecular formula is C19H27N3O2. The van der Waals surface area contributed by atoms with Gasteiger partial charge in [0.05, 0.1) is 18.1 Å². The van der Waals surface area contributed by atoms with E-state index in [4.69, 9.17) is 0 Å². The third-order valence-corrected chi connectivity index (χ3v) is 4.74. The lowest BCUT2D eigenvalue weighted by atomic mass is 9.99. The number of carbonyl (C=O) groups excluding carboxylic acids is 2. The fourth-order valence-electron chi connectivity index (χ4n) is 3.67. The van der Waals surface area contributed by atoms with E-state index in [0.29, 0.717) is 6.42 Å². The summed E-state index contributed by atoms with van der Waals surface area (Å²) in [5.74, 6) is 0.106. The summed E-state index contributed by atoms with van der Waals surface area (Å²) in [7, 11) is 0. The van der Waals surface area contributed by atoms with E-state index in [1.807, 2.05) is 56.0 Å². The van der Waals surface area contributed by atoms with Gasteiger partial charge in [0, 0.05) is 5.54 Å². The molecule has 0 spiro atoms. The maximum atomic E-state index is 12.7. The Labute approximate surface area is 143 Å². The molecule has 2 aliphatic heterocycles. The van der Waals surface area contributed by atoms with Crippen LogP contribution in [0.4, 0.5) is 0 Å². The van der Waals surface area contributed by atoms with Crippen LogP contribution in [0.1, 0.15) is 39.7 Å². The minimum atomic E-state index is -0.337. The van der Waals surface area contributed by atoms with E-state index in [2.05, 4.69) is 17.6 Å². The summed E-state index contributed by atoms with van der Waals surface area (Å²) in [5, 5.41) is 6.38. The van der Waals surface area contributed by atoms with Crippen molar-refractivity contribution < 1.29 is 9.59 Å². The second kappa shape index (κ2) is 6.20. The smallest absolute Gasteiger partial charge is 0.240 e. The largest absolute Gasteiger partial charge is 0.350 e. The maximum absolute atomic E-state index is 12.7. The van der Waals surface area contributed by atoms with Gasteiger partial charge in [-0.2, -0.15) is 0 Å². The Kier molecular flexibility index (Phi) is 4.38. The first kappa shape index (κ1) is 17.0. The van der Waals surface area contributed by atoms with Crippen LogP contribution < -0.4 is 10.6 Å². The molecule has 2 aliphatic rings. The highest BCUT2D eigenvalue weighted by molar-refractivity contribution is 5.93. The van der Waals surface area contributed by atoms with Crippen LogP contribution in [0, 0.1) is 0 Å². The predicted molar refractivity (Wildman–Crippen MR) is 93.5 cm³/mol. The number of hydrogen-bond acceptors (Lipinski definition) is 3. The number of benzene rings is 1. The lowest BCUT2D eigenvalue weighted by Gasteiger charge is -2.31. The Hall–Kier alpha value is -1.88. The van der Waals surface area contributed by atoms with E-state index in [0.717, 1.165) is 12.0 Å². The van der Waals surface area contributed by atoms with Crippen molar-refractivity contribution in [1.29, 1.82) is 0 Å². The van der Waals surface area contributed by atoms with Gasteiger partial charge in [-0.15, -0.1) is 0 Å². The van der Waals surface area contributed by atoms with Crippen molar-refractivity contribution >= 4 is 11.8 Å². The summed E-state index contributed by atoms with van der Waals surface area (Å²) < 4.78 is 0. The fraction of sp³-hybridized carbons (Fsp3) is 0.579. The van der Waals surface area contributed by atoms with Crippen LogP contribution in [0.25, 0.3) is 0 Å². The van der Waals surface area contributed by atoms with Crippen LogP contribution in [-0.4, -0.2) is 46.4 Å². The number of amides is 2. The SMILES string of the molecule is CC[C@@H]1[C@@H]2[C@H](C(=O)NC(C)(C)C)N[C@@H](Cc3ccccc3)C(=O)N21. The van der Waals surface area contributed by atoms with Gasteiger partial charge in [-0.1, -0.05) is 37.3 Å². The molecule has 1 aromatic rings. The Morgan fingerprint density at radius 3 is 2.50 bits per heavy atom.